The highest BCUT2D eigenvalue weighted by molar-refractivity contribution is 7.71. The number of benzene rings is 4. The SMILES string of the molecule is Cc1ccccc1/N=C(/NP(c1ccccc1)c1ccccc1)c1ccc(C(C)(C)C)cc1. The van der Waals surface area contributed by atoms with Crippen molar-refractivity contribution in [1.82, 2.24) is 5.09 Å². The van der Waals surface area contributed by atoms with Gasteiger partial charge in [-0.1, -0.05) is 124 Å². The topological polar surface area (TPSA) is 24.4 Å². The predicted molar refractivity (Wildman–Crippen MR) is 145 cm³/mol. The summed E-state index contributed by atoms with van der Waals surface area (Å²) in [5.41, 5.74) is 4.66. The molecule has 0 heterocycles. The summed E-state index contributed by atoms with van der Waals surface area (Å²) in [6.45, 7) is 8.84. The van der Waals surface area contributed by atoms with Gasteiger partial charge in [0.25, 0.3) is 0 Å². The van der Waals surface area contributed by atoms with Gasteiger partial charge in [0, 0.05) is 16.2 Å². The summed E-state index contributed by atoms with van der Waals surface area (Å²) in [5.74, 6) is 0.892. The lowest BCUT2D eigenvalue weighted by Crippen LogP contribution is -2.29. The summed E-state index contributed by atoms with van der Waals surface area (Å²) in [6.07, 6.45) is 0. The van der Waals surface area contributed by atoms with Crippen LogP contribution in [0.15, 0.2) is 114 Å². The zero-order valence-corrected chi connectivity index (χ0v) is 20.7. The van der Waals surface area contributed by atoms with Crippen molar-refractivity contribution in [2.75, 3.05) is 0 Å². The molecule has 4 aromatic rings. The minimum Gasteiger partial charge on any atom is -0.341 e. The molecule has 4 aromatic carbocycles. The van der Waals surface area contributed by atoms with Gasteiger partial charge in [0.1, 0.15) is 5.84 Å². The zero-order valence-electron chi connectivity index (χ0n) is 19.8. The lowest BCUT2D eigenvalue weighted by molar-refractivity contribution is 0.590. The van der Waals surface area contributed by atoms with Crippen LogP contribution in [0.25, 0.3) is 0 Å². The zero-order chi connectivity index (χ0) is 23.3. The second-order valence-corrected chi connectivity index (χ2v) is 11.1. The van der Waals surface area contributed by atoms with E-state index >= 15 is 0 Å². The van der Waals surface area contributed by atoms with Crippen LogP contribution in [-0.2, 0) is 5.41 Å². The molecule has 0 radical (unpaired) electrons. The van der Waals surface area contributed by atoms with E-state index in [-0.39, 0.29) is 5.41 Å². The molecule has 0 spiro atoms. The third-order valence-electron chi connectivity index (χ3n) is 5.62. The average Bonchev–Trinajstić information content (AvgIpc) is 2.83. The molecule has 0 amide bonds. The summed E-state index contributed by atoms with van der Waals surface area (Å²) in [5, 5.41) is 6.38. The van der Waals surface area contributed by atoms with Crippen LogP contribution in [0, 0.1) is 6.92 Å². The van der Waals surface area contributed by atoms with E-state index in [1.807, 2.05) is 6.07 Å². The summed E-state index contributed by atoms with van der Waals surface area (Å²) < 4.78 is 0. The maximum absolute atomic E-state index is 5.13. The van der Waals surface area contributed by atoms with E-state index in [0.29, 0.717) is 0 Å². The molecule has 0 aliphatic carbocycles. The van der Waals surface area contributed by atoms with Gasteiger partial charge in [0.15, 0.2) is 0 Å². The molecular weight excluding hydrogens is 419 g/mol. The molecule has 33 heavy (non-hydrogen) atoms. The molecule has 4 rings (SSSR count). The van der Waals surface area contributed by atoms with Crippen molar-refractivity contribution in [2.24, 2.45) is 4.99 Å². The Morgan fingerprint density at radius 3 is 1.70 bits per heavy atom. The number of para-hydroxylation sites is 1. The number of rotatable bonds is 5. The highest BCUT2D eigenvalue weighted by Crippen LogP contribution is 2.31. The number of hydrogen-bond donors (Lipinski definition) is 1. The van der Waals surface area contributed by atoms with Gasteiger partial charge in [0.2, 0.25) is 0 Å². The highest BCUT2D eigenvalue weighted by atomic mass is 31.1. The van der Waals surface area contributed by atoms with E-state index in [2.05, 4.69) is 136 Å². The lowest BCUT2D eigenvalue weighted by Gasteiger charge is -2.23. The van der Waals surface area contributed by atoms with E-state index in [4.69, 9.17) is 4.99 Å². The van der Waals surface area contributed by atoms with Crippen LogP contribution >= 0.6 is 8.07 Å². The first-order valence-electron chi connectivity index (χ1n) is 11.3. The number of aliphatic imine (C=N–C) groups is 1. The first kappa shape index (κ1) is 23.0. The van der Waals surface area contributed by atoms with Gasteiger partial charge < -0.3 is 5.09 Å². The second kappa shape index (κ2) is 10.1. The van der Waals surface area contributed by atoms with Crippen molar-refractivity contribution in [1.29, 1.82) is 0 Å². The standard InChI is InChI=1S/C30H31N2P/c1-23-13-11-12-18-28(23)31-29(24-19-21-25(22-20-24)30(2,3)4)32-33(26-14-7-5-8-15-26)27-16-9-6-10-17-27/h5-22H,1-4H3,(H,31,32). The first-order valence-corrected chi connectivity index (χ1v) is 12.7. The summed E-state index contributed by atoms with van der Waals surface area (Å²) in [7, 11) is -0.831. The van der Waals surface area contributed by atoms with E-state index in [1.54, 1.807) is 0 Å². The number of nitrogens with one attached hydrogen (secondary N) is 1. The minimum absolute atomic E-state index is 0.111. The van der Waals surface area contributed by atoms with Gasteiger partial charge >= 0.3 is 0 Å². The van der Waals surface area contributed by atoms with Crippen LogP contribution in [0.5, 0.6) is 0 Å². The van der Waals surface area contributed by atoms with Gasteiger partial charge in [-0.25, -0.2) is 4.99 Å². The second-order valence-electron chi connectivity index (χ2n) is 9.19. The highest BCUT2D eigenvalue weighted by Gasteiger charge is 2.19. The Morgan fingerprint density at radius 1 is 0.667 bits per heavy atom. The molecule has 0 fully saturated rings. The average molecular weight is 451 g/mol. The fourth-order valence-corrected chi connectivity index (χ4v) is 5.52. The van der Waals surface area contributed by atoms with Gasteiger partial charge in [-0.05, 0) is 29.5 Å². The third-order valence-corrected chi connectivity index (χ3v) is 7.68. The maximum atomic E-state index is 5.13. The molecule has 2 nitrogen and oxygen atoms in total. The van der Waals surface area contributed by atoms with Gasteiger partial charge in [-0.15, -0.1) is 0 Å². The first-order chi connectivity index (χ1) is 15.9. The van der Waals surface area contributed by atoms with E-state index in [1.165, 1.54) is 16.2 Å². The van der Waals surface area contributed by atoms with Crippen LogP contribution in [0.3, 0.4) is 0 Å². The molecule has 0 saturated heterocycles. The molecule has 0 bridgehead atoms. The number of aryl methyl sites for hydroxylation is 1. The van der Waals surface area contributed by atoms with Crippen LogP contribution in [0.2, 0.25) is 0 Å². The number of nitrogens with zero attached hydrogens (tertiary/aromatic N) is 1. The summed E-state index contributed by atoms with van der Waals surface area (Å²) in [4.78, 5) is 5.13. The molecule has 0 aliphatic rings. The third kappa shape index (κ3) is 5.78. The number of amidine groups is 1. The van der Waals surface area contributed by atoms with E-state index < -0.39 is 8.07 Å². The monoisotopic (exact) mass is 450 g/mol. The van der Waals surface area contributed by atoms with Crippen LogP contribution in [-0.4, -0.2) is 5.84 Å². The molecule has 1 N–H and O–H groups in total. The summed E-state index contributed by atoms with van der Waals surface area (Å²) in [6, 6.07) is 38.4. The van der Waals surface area contributed by atoms with Crippen molar-refractivity contribution in [3.63, 3.8) is 0 Å². The molecule has 0 atom stereocenters. The molecule has 0 saturated carbocycles. The van der Waals surface area contributed by atoms with Crippen molar-refractivity contribution in [3.05, 3.63) is 126 Å². The molecule has 0 unspecified atom stereocenters. The largest absolute Gasteiger partial charge is 0.341 e. The molecule has 0 aromatic heterocycles. The maximum Gasteiger partial charge on any atom is 0.137 e. The Labute approximate surface area is 199 Å². The molecular formula is C30H31N2P. The van der Waals surface area contributed by atoms with E-state index in [0.717, 1.165) is 22.6 Å². The summed E-state index contributed by atoms with van der Waals surface area (Å²) >= 11 is 0. The van der Waals surface area contributed by atoms with Crippen LogP contribution in [0.1, 0.15) is 37.5 Å². The fourth-order valence-electron chi connectivity index (χ4n) is 3.63. The van der Waals surface area contributed by atoms with Crippen molar-refractivity contribution in [2.45, 2.75) is 33.1 Å². The van der Waals surface area contributed by atoms with Crippen LogP contribution in [0.4, 0.5) is 5.69 Å². The van der Waals surface area contributed by atoms with Crippen molar-refractivity contribution in [3.8, 4) is 0 Å². The van der Waals surface area contributed by atoms with E-state index in [9.17, 15) is 0 Å². The van der Waals surface area contributed by atoms with Crippen molar-refractivity contribution < 1.29 is 0 Å². The van der Waals surface area contributed by atoms with Crippen LogP contribution < -0.4 is 15.7 Å². The Kier molecular flexibility index (Phi) is 7.06. The quantitative estimate of drug-likeness (QED) is 0.197. The Hall–Kier alpha value is -3.22. The Morgan fingerprint density at radius 2 is 1.18 bits per heavy atom. The Bertz CT molecular complexity index is 1170. The number of hydrogen-bond acceptors (Lipinski definition) is 1. The molecule has 0 aliphatic heterocycles. The van der Waals surface area contributed by atoms with Gasteiger partial charge in [-0.2, -0.15) is 0 Å². The lowest BCUT2D eigenvalue weighted by atomic mass is 9.86. The van der Waals surface area contributed by atoms with Gasteiger partial charge in [0.05, 0.1) is 13.8 Å². The van der Waals surface area contributed by atoms with Gasteiger partial charge in [-0.3, -0.25) is 0 Å². The molecule has 166 valence electrons. The minimum atomic E-state index is -0.831. The predicted octanol–water partition coefficient (Wildman–Crippen LogP) is 7.01. The smallest absolute Gasteiger partial charge is 0.137 e. The fraction of sp³-hybridized carbons (Fsp3) is 0.167. The molecule has 3 heteroatoms. The Balaban J connectivity index is 1.81. The van der Waals surface area contributed by atoms with Crippen molar-refractivity contribution >= 4 is 30.2 Å². The normalized spacial score (nSPS) is 12.1.